The fourth-order valence-electron chi connectivity index (χ4n) is 3.01. The molecule has 0 radical (unpaired) electrons. The molecule has 0 spiro atoms. The minimum atomic E-state index is 0.346. The first-order chi connectivity index (χ1) is 8.22. The molecule has 2 aliphatic rings. The van der Waals surface area contributed by atoms with E-state index in [1.54, 1.807) is 5.57 Å². The van der Waals surface area contributed by atoms with Crippen molar-refractivity contribution in [1.82, 2.24) is 10.2 Å². The van der Waals surface area contributed by atoms with Gasteiger partial charge in [-0.2, -0.15) is 0 Å². The van der Waals surface area contributed by atoms with E-state index in [0.29, 0.717) is 5.54 Å². The third-order valence-electron chi connectivity index (χ3n) is 4.47. The lowest BCUT2D eigenvalue weighted by Crippen LogP contribution is -2.58. The lowest BCUT2D eigenvalue weighted by atomic mass is 9.94. The molecule has 17 heavy (non-hydrogen) atoms. The van der Waals surface area contributed by atoms with Crippen LogP contribution in [0.2, 0.25) is 0 Å². The van der Waals surface area contributed by atoms with Gasteiger partial charge in [-0.25, -0.2) is 0 Å². The van der Waals surface area contributed by atoms with Crippen LogP contribution in [-0.2, 0) is 0 Å². The number of nitrogens with one attached hydrogen (secondary N) is 1. The zero-order valence-electron chi connectivity index (χ0n) is 11.6. The first kappa shape index (κ1) is 13.1. The minimum Gasteiger partial charge on any atom is -0.309 e. The van der Waals surface area contributed by atoms with Crippen LogP contribution in [0.3, 0.4) is 0 Å². The predicted octanol–water partition coefficient (Wildman–Crippen LogP) is 2.95. The van der Waals surface area contributed by atoms with Gasteiger partial charge in [-0.1, -0.05) is 18.6 Å². The third-order valence-corrected chi connectivity index (χ3v) is 4.47. The third kappa shape index (κ3) is 3.82. The van der Waals surface area contributed by atoms with Crippen LogP contribution in [-0.4, -0.2) is 36.6 Å². The Hall–Kier alpha value is -0.340. The summed E-state index contributed by atoms with van der Waals surface area (Å²) in [4.78, 5) is 2.65. The normalized spacial score (nSPS) is 31.3. The van der Waals surface area contributed by atoms with E-state index < -0.39 is 0 Å². The lowest BCUT2D eigenvalue weighted by Gasteiger charge is -2.41. The highest BCUT2D eigenvalue weighted by Crippen LogP contribution is 2.21. The minimum absolute atomic E-state index is 0.346. The van der Waals surface area contributed by atoms with Crippen molar-refractivity contribution < 1.29 is 0 Å². The number of piperazine rings is 1. The smallest absolute Gasteiger partial charge is 0.0278 e. The van der Waals surface area contributed by atoms with Crippen LogP contribution in [0.4, 0.5) is 0 Å². The summed E-state index contributed by atoms with van der Waals surface area (Å²) in [6, 6.07) is 0. The summed E-state index contributed by atoms with van der Waals surface area (Å²) in [7, 11) is 0. The zero-order chi connectivity index (χ0) is 12.1. The second-order valence-electron chi connectivity index (χ2n) is 5.98. The van der Waals surface area contributed by atoms with Crippen LogP contribution in [0.25, 0.3) is 0 Å². The van der Waals surface area contributed by atoms with E-state index >= 15 is 0 Å². The number of allylic oxidation sites excluding steroid dienone is 1. The first-order valence-corrected chi connectivity index (χ1v) is 7.37. The van der Waals surface area contributed by atoms with Crippen molar-refractivity contribution in [1.29, 1.82) is 0 Å². The molecule has 0 aromatic heterocycles. The Labute approximate surface area is 106 Å². The van der Waals surface area contributed by atoms with E-state index in [9.17, 15) is 0 Å². The molecule has 0 amide bonds. The summed E-state index contributed by atoms with van der Waals surface area (Å²) in [6.45, 7) is 9.52. The Balaban J connectivity index is 1.77. The molecule has 98 valence electrons. The van der Waals surface area contributed by atoms with Crippen LogP contribution < -0.4 is 5.32 Å². The Morgan fingerprint density at radius 3 is 3.00 bits per heavy atom. The second kappa shape index (κ2) is 6.01. The van der Waals surface area contributed by atoms with Crippen LogP contribution >= 0.6 is 0 Å². The van der Waals surface area contributed by atoms with Crippen LogP contribution in [0, 0.1) is 0 Å². The molecule has 1 aliphatic carbocycles. The summed E-state index contributed by atoms with van der Waals surface area (Å²) in [5.74, 6) is 0. The SMILES string of the molecule is CCC1(C)CN(CCC2=CCCCC2)CCN1. The van der Waals surface area contributed by atoms with E-state index in [1.165, 1.54) is 58.2 Å². The molecule has 1 aliphatic heterocycles. The zero-order valence-corrected chi connectivity index (χ0v) is 11.6. The van der Waals surface area contributed by atoms with Gasteiger partial charge in [0.25, 0.3) is 0 Å². The molecule has 1 atom stereocenters. The van der Waals surface area contributed by atoms with Crippen molar-refractivity contribution in [2.75, 3.05) is 26.2 Å². The molecule has 0 aromatic rings. The fraction of sp³-hybridized carbons (Fsp3) is 0.867. The van der Waals surface area contributed by atoms with Crippen LogP contribution in [0.5, 0.6) is 0 Å². The van der Waals surface area contributed by atoms with Gasteiger partial charge in [0.1, 0.15) is 0 Å². The van der Waals surface area contributed by atoms with Gasteiger partial charge in [0.15, 0.2) is 0 Å². The molecule has 0 bridgehead atoms. The largest absolute Gasteiger partial charge is 0.309 e. The highest BCUT2D eigenvalue weighted by Gasteiger charge is 2.28. The van der Waals surface area contributed by atoms with Gasteiger partial charge >= 0.3 is 0 Å². The van der Waals surface area contributed by atoms with E-state index in [1.807, 2.05) is 0 Å². The van der Waals surface area contributed by atoms with Gasteiger partial charge in [0.2, 0.25) is 0 Å². The van der Waals surface area contributed by atoms with Crippen LogP contribution in [0.15, 0.2) is 11.6 Å². The highest BCUT2D eigenvalue weighted by atomic mass is 15.2. The number of hydrogen-bond donors (Lipinski definition) is 1. The maximum atomic E-state index is 3.66. The van der Waals surface area contributed by atoms with E-state index in [-0.39, 0.29) is 0 Å². The van der Waals surface area contributed by atoms with E-state index in [4.69, 9.17) is 0 Å². The average molecular weight is 236 g/mol. The molecule has 1 unspecified atom stereocenters. The van der Waals surface area contributed by atoms with E-state index in [2.05, 4.69) is 30.1 Å². The maximum absolute atomic E-state index is 3.66. The Bertz CT molecular complexity index is 272. The highest BCUT2D eigenvalue weighted by molar-refractivity contribution is 5.05. The van der Waals surface area contributed by atoms with Crippen molar-refractivity contribution in [3.8, 4) is 0 Å². The van der Waals surface area contributed by atoms with Gasteiger partial charge < -0.3 is 5.32 Å². The summed E-state index contributed by atoms with van der Waals surface area (Å²) in [5, 5.41) is 3.66. The summed E-state index contributed by atoms with van der Waals surface area (Å²) >= 11 is 0. The molecule has 2 rings (SSSR count). The molecule has 1 N–H and O–H groups in total. The molecule has 2 heteroatoms. The summed E-state index contributed by atoms with van der Waals surface area (Å²) < 4.78 is 0. The topological polar surface area (TPSA) is 15.3 Å². The van der Waals surface area contributed by atoms with Gasteiger partial charge in [-0.15, -0.1) is 0 Å². The van der Waals surface area contributed by atoms with Gasteiger partial charge in [-0.3, -0.25) is 4.90 Å². The first-order valence-electron chi connectivity index (χ1n) is 7.37. The number of nitrogens with zero attached hydrogens (tertiary/aromatic N) is 1. The molecule has 2 nitrogen and oxygen atoms in total. The second-order valence-corrected chi connectivity index (χ2v) is 5.98. The van der Waals surface area contributed by atoms with E-state index in [0.717, 1.165) is 6.54 Å². The molecule has 1 saturated heterocycles. The molecule has 1 heterocycles. The monoisotopic (exact) mass is 236 g/mol. The molecule has 0 aromatic carbocycles. The molecular formula is C15H28N2. The van der Waals surface area contributed by atoms with Crippen molar-refractivity contribution in [3.05, 3.63) is 11.6 Å². The Morgan fingerprint density at radius 2 is 2.29 bits per heavy atom. The summed E-state index contributed by atoms with van der Waals surface area (Å²) in [5.41, 5.74) is 2.06. The average Bonchev–Trinajstić information content (AvgIpc) is 2.38. The van der Waals surface area contributed by atoms with Crippen molar-refractivity contribution >= 4 is 0 Å². The maximum Gasteiger partial charge on any atom is 0.0278 e. The summed E-state index contributed by atoms with van der Waals surface area (Å²) in [6.07, 6.45) is 10.5. The van der Waals surface area contributed by atoms with Crippen molar-refractivity contribution in [2.24, 2.45) is 0 Å². The van der Waals surface area contributed by atoms with Gasteiger partial charge in [-0.05, 0) is 45.4 Å². The number of rotatable bonds is 4. The van der Waals surface area contributed by atoms with Crippen molar-refractivity contribution in [2.45, 2.75) is 57.9 Å². The standard InChI is InChI=1S/C15H28N2/c1-3-15(2)13-17(12-10-16-15)11-9-14-7-5-4-6-8-14/h7,16H,3-6,8-13H2,1-2H3. The predicted molar refractivity (Wildman–Crippen MR) is 74.3 cm³/mol. The Morgan fingerprint density at radius 1 is 1.41 bits per heavy atom. The number of hydrogen-bond acceptors (Lipinski definition) is 2. The Kier molecular flexibility index (Phi) is 4.63. The lowest BCUT2D eigenvalue weighted by molar-refractivity contribution is 0.141. The molecular weight excluding hydrogens is 208 g/mol. The van der Waals surface area contributed by atoms with Gasteiger partial charge in [0.05, 0.1) is 0 Å². The van der Waals surface area contributed by atoms with Crippen molar-refractivity contribution in [3.63, 3.8) is 0 Å². The van der Waals surface area contributed by atoms with Crippen LogP contribution in [0.1, 0.15) is 52.4 Å². The molecule has 0 saturated carbocycles. The van der Waals surface area contributed by atoms with Gasteiger partial charge in [0, 0.05) is 31.7 Å². The quantitative estimate of drug-likeness (QED) is 0.755. The molecule has 1 fully saturated rings. The fourth-order valence-corrected chi connectivity index (χ4v) is 3.01.